The number of amides is 2. The molecule has 0 aliphatic carbocycles. The van der Waals surface area contributed by atoms with Gasteiger partial charge in [-0.2, -0.15) is 0 Å². The molecule has 0 spiro atoms. The first kappa shape index (κ1) is 60.9. The van der Waals surface area contributed by atoms with Gasteiger partial charge in [-0.15, -0.1) is 23.1 Å². The number of hydrogen-bond acceptors (Lipinski definition) is 18. The number of fused-ring (bicyclic) bond motifs is 1. The first-order valence-electron chi connectivity index (χ1n) is 27.3. The topological polar surface area (TPSA) is 227 Å². The van der Waals surface area contributed by atoms with Crippen LogP contribution in [-0.2, 0) is 53.4 Å². The normalized spacial score (nSPS) is 15.2. The van der Waals surface area contributed by atoms with Gasteiger partial charge in [-0.3, -0.25) is 24.1 Å². The van der Waals surface area contributed by atoms with Gasteiger partial charge in [0.05, 0.1) is 5.56 Å². The predicted octanol–water partition coefficient (Wildman–Crippen LogP) is 10.6. The van der Waals surface area contributed by atoms with E-state index in [0.29, 0.717) is 21.8 Å². The number of esters is 5. The maximum absolute atomic E-state index is 15.0. The van der Waals surface area contributed by atoms with Crippen molar-refractivity contribution in [2.75, 3.05) is 17.7 Å². The van der Waals surface area contributed by atoms with Crippen molar-refractivity contribution in [1.29, 1.82) is 0 Å². The number of anilines is 1. The molecule has 9 rings (SSSR count). The van der Waals surface area contributed by atoms with Gasteiger partial charge < -0.3 is 39.2 Å². The summed E-state index contributed by atoms with van der Waals surface area (Å²) < 4.78 is 27.8. The maximum atomic E-state index is 15.0. The first-order valence-corrected chi connectivity index (χ1v) is 29.2. The minimum absolute atomic E-state index is 0.0214. The summed E-state index contributed by atoms with van der Waals surface area (Å²) in [6.07, 6.45) is 2.12. The summed E-state index contributed by atoms with van der Waals surface area (Å²) in [5.74, 6) is -5.49. The minimum Gasteiger partial charge on any atom is -0.458 e. The number of allylic oxidation sites excluding steroid dienone is 1. The number of ether oxygens (including phenoxy) is 5. The number of carbonyl (C=O) groups excluding carboxylic acids is 7. The van der Waals surface area contributed by atoms with Crippen molar-refractivity contribution in [3.63, 3.8) is 0 Å². The summed E-state index contributed by atoms with van der Waals surface area (Å²) in [6, 6.07) is 50.4. The van der Waals surface area contributed by atoms with E-state index in [2.05, 4.69) is 15.8 Å². The van der Waals surface area contributed by atoms with Crippen molar-refractivity contribution in [3.05, 3.63) is 238 Å². The number of benzene rings is 6. The number of aromatic nitrogens is 1. The summed E-state index contributed by atoms with van der Waals surface area (Å²) in [6.45, 7) is 10.0. The SMILES string of the molecule is CC(=O)Oc1ccc(C(=O)OC/C=C/C2=C(C(=O)OC(c3ccccc3)c3ccccc3)N3C(=O)C(NC(=O)/C(=N\OC(C)(C)C(=O)OC(C)(C)C)c4csc(NC(c5ccccc5)(c5ccccc5)c5ccccc5)n4)[C@H]3SC2)cc1OC(C)=O. The van der Waals surface area contributed by atoms with Gasteiger partial charge in [-0.05, 0) is 92.3 Å². The fourth-order valence-corrected chi connectivity index (χ4v) is 11.5. The highest BCUT2D eigenvalue weighted by molar-refractivity contribution is 8.00. The highest BCUT2D eigenvalue weighted by Crippen LogP contribution is 2.44. The molecule has 2 amide bonds. The zero-order valence-corrected chi connectivity index (χ0v) is 49.6. The Balaban J connectivity index is 1.03. The summed E-state index contributed by atoms with van der Waals surface area (Å²) in [5.41, 5.74) is 0.299. The average Bonchev–Trinajstić information content (AvgIpc) is 1.46. The molecule has 7 aromatic rings. The van der Waals surface area contributed by atoms with Crippen LogP contribution in [0, 0.1) is 0 Å². The molecule has 2 aliphatic heterocycles. The lowest BCUT2D eigenvalue weighted by atomic mass is 9.77. The molecule has 3 heterocycles. The van der Waals surface area contributed by atoms with Gasteiger partial charge >= 0.3 is 29.8 Å². The Morgan fingerprint density at radius 3 is 1.78 bits per heavy atom. The second kappa shape index (κ2) is 26.5. The molecule has 1 aromatic heterocycles. The number of thioether (sulfide) groups is 1. The minimum atomic E-state index is -1.71. The smallest absolute Gasteiger partial charge is 0.356 e. The highest BCUT2D eigenvalue weighted by atomic mass is 32.2. The van der Waals surface area contributed by atoms with E-state index in [9.17, 15) is 33.6 Å². The standard InChI is InChI=1S/C66H61N5O13S2/c1-41(72)80-51-36-35-45(38-52(51)81-42(2)73)60(76)79-37-23-28-46-39-85-59-54(58(75)71(59)55(46)61(77)82-56(43-24-13-8-14-25-43)44-26-15-9-16-27-44)68-57(74)53(70-84-65(6,7)62(78)83-64(3,4)5)50-40-86-63(67-50)69-66(47-29-17-10-18-30-47,48-31-19-11-20-32-48)49-33-21-12-22-34-49/h8-36,38,40,54,56,59H,37,39H2,1-7H3,(H,67,69)(H,68,74)/b28-23+,70-53-/t54?,59-/m1/s1. The van der Waals surface area contributed by atoms with Crippen molar-refractivity contribution in [3.8, 4) is 11.5 Å². The average molecular weight is 1200 g/mol. The monoisotopic (exact) mass is 1200 g/mol. The highest BCUT2D eigenvalue weighted by Gasteiger charge is 2.55. The van der Waals surface area contributed by atoms with Crippen molar-refractivity contribution >= 4 is 75.6 Å². The zero-order chi connectivity index (χ0) is 61.2. The van der Waals surface area contributed by atoms with Crippen LogP contribution in [0.25, 0.3) is 0 Å². The van der Waals surface area contributed by atoms with Crippen LogP contribution in [0.2, 0.25) is 0 Å². The third-order valence-corrected chi connectivity index (χ3v) is 15.4. The fourth-order valence-electron chi connectivity index (χ4n) is 9.41. The number of hydrogen-bond donors (Lipinski definition) is 2. The Labute approximate surface area is 505 Å². The van der Waals surface area contributed by atoms with E-state index < -0.39 is 75.9 Å². The molecule has 1 fully saturated rings. The molecule has 0 bridgehead atoms. The number of nitrogens with zero attached hydrogens (tertiary/aromatic N) is 3. The number of β-lactam (4-membered cyclic amide) rings is 1. The Hall–Kier alpha value is -9.66. The Morgan fingerprint density at radius 1 is 0.709 bits per heavy atom. The van der Waals surface area contributed by atoms with E-state index in [1.807, 2.05) is 152 Å². The molecule has 6 aromatic carbocycles. The van der Waals surface area contributed by atoms with E-state index in [-0.39, 0.29) is 46.5 Å². The molecule has 18 nitrogen and oxygen atoms in total. The molecule has 2 aliphatic rings. The van der Waals surface area contributed by atoms with Crippen LogP contribution < -0.4 is 20.1 Å². The van der Waals surface area contributed by atoms with Gasteiger partial charge in [0.2, 0.25) is 5.60 Å². The van der Waals surface area contributed by atoms with Gasteiger partial charge in [0.15, 0.2) is 28.4 Å². The third kappa shape index (κ3) is 14.1. The molecular weight excluding hydrogens is 1130 g/mol. The number of thiazole rings is 1. The third-order valence-electron chi connectivity index (χ3n) is 13.4. The van der Waals surface area contributed by atoms with Crippen molar-refractivity contribution < 1.29 is 62.1 Å². The van der Waals surface area contributed by atoms with Crippen molar-refractivity contribution in [2.45, 2.75) is 82.7 Å². The lowest BCUT2D eigenvalue weighted by Crippen LogP contribution is -2.71. The van der Waals surface area contributed by atoms with Crippen LogP contribution in [0.3, 0.4) is 0 Å². The molecule has 0 radical (unpaired) electrons. The van der Waals surface area contributed by atoms with E-state index in [0.717, 1.165) is 23.6 Å². The second-order valence-corrected chi connectivity index (χ2v) is 23.2. The first-order chi connectivity index (χ1) is 41.2. The molecule has 20 heteroatoms. The largest absolute Gasteiger partial charge is 0.458 e. The van der Waals surface area contributed by atoms with Gasteiger partial charge in [-0.25, -0.2) is 19.4 Å². The zero-order valence-electron chi connectivity index (χ0n) is 48.0. The summed E-state index contributed by atoms with van der Waals surface area (Å²) in [4.78, 5) is 107. The van der Waals surface area contributed by atoms with Gasteiger partial charge in [-0.1, -0.05) is 163 Å². The van der Waals surface area contributed by atoms with Crippen LogP contribution in [0.1, 0.15) is 98.4 Å². The number of rotatable bonds is 21. The molecule has 440 valence electrons. The van der Waals surface area contributed by atoms with E-state index in [1.54, 1.807) is 32.2 Å². The van der Waals surface area contributed by atoms with Gasteiger partial charge in [0.1, 0.15) is 40.6 Å². The molecule has 2 atom stereocenters. The lowest BCUT2D eigenvalue weighted by molar-refractivity contribution is -0.179. The molecule has 1 saturated heterocycles. The Kier molecular flexibility index (Phi) is 18.8. The predicted molar refractivity (Wildman–Crippen MR) is 324 cm³/mol. The lowest BCUT2D eigenvalue weighted by Gasteiger charge is -2.49. The quantitative estimate of drug-likeness (QED) is 0.0130. The van der Waals surface area contributed by atoms with Crippen molar-refractivity contribution in [1.82, 2.24) is 15.2 Å². The Bertz CT molecular complexity index is 3600. The van der Waals surface area contributed by atoms with Gasteiger partial charge in [0, 0.05) is 25.0 Å². The summed E-state index contributed by atoms with van der Waals surface area (Å²) in [7, 11) is 0. The fraction of sp³-hybridized carbons (Fsp3) is 0.227. The summed E-state index contributed by atoms with van der Waals surface area (Å²) in [5, 5.41) is 12.0. The van der Waals surface area contributed by atoms with Crippen LogP contribution in [0.4, 0.5) is 5.13 Å². The molecule has 1 unspecified atom stereocenters. The molecular formula is C66H61N5O13S2. The second-order valence-electron chi connectivity index (χ2n) is 21.2. The molecule has 2 N–H and O–H groups in total. The van der Waals surface area contributed by atoms with E-state index in [1.165, 1.54) is 73.0 Å². The molecule has 86 heavy (non-hydrogen) atoms. The number of carbonyl (C=O) groups is 7. The summed E-state index contributed by atoms with van der Waals surface area (Å²) >= 11 is 2.45. The van der Waals surface area contributed by atoms with Gasteiger partial charge in [0.25, 0.3) is 11.8 Å². The van der Waals surface area contributed by atoms with Crippen molar-refractivity contribution in [2.24, 2.45) is 5.16 Å². The number of oxime groups is 1. The molecule has 0 saturated carbocycles. The maximum Gasteiger partial charge on any atom is 0.356 e. The van der Waals surface area contributed by atoms with Crippen LogP contribution in [0.5, 0.6) is 11.5 Å². The van der Waals surface area contributed by atoms with E-state index >= 15 is 0 Å². The van der Waals surface area contributed by atoms with E-state index in [4.69, 9.17) is 33.5 Å². The number of nitrogens with one attached hydrogen (secondary N) is 2. The Morgan fingerprint density at radius 2 is 1.24 bits per heavy atom. The van der Waals surface area contributed by atoms with Crippen LogP contribution in [0.15, 0.2) is 204 Å². The van der Waals surface area contributed by atoms with Crippen LogP contribution >= 0.6 is 23.1 Å². The van der Waals surface area contributed by atoms with Crippen LogP contribution in [-0.4, -0.2) is 92.2 Å².